The summed E-state index contributed by atoms with van der Waals surface area (Å²) >= 11 is 0. The van der Waals surface area contributed by atoms with Crippen LogP contribution < -0.4 is 0 Å². The van der Waals surface area contributed by atoms with Crippen LogP contribution in [0.1, 0.15) is 13.8 Å². The van der Waals surface area contributed by atoms with Gasteiger partial charge in [0.2, 0.25) is 9.84 Å². The Kier molecular flexibility index (Phi) is 4.44. The number of hydrogen-bond acceptors (Lipinski definition) is 6. The van der Waals surface area contributed by atoms with Crippen LogP contribution in [-0.4, -0.2) is 38.0 Å². The lowest BCUT2D eigenvalue weighted by Gasteiger charge is -2.33. The molecule has 1 aromatic carbocycles. The van der Waals surface area contributed by atoms with Crippen LogP contribution in [0.3, 0.4) is 0 Å². The number of methoxy groups -OCH3 is 1. The molecule has 6 nitrogen and oxygen atoms in total. The van der Waals surface area contributed by atoms with Crippen molar-refractivity contribution >= 4 is 15.8 Å². The molecular formula is C19H21NO5S. The molecule has 2 aliphatic rings. The molecule has 0 fully saturated rings. The molecule has 0 aromatic heterocycles. The predicted octanol–water partition coefficient (Wildman–Crippen LogP) is 2.59. The molecule has 26 heavy (non-hydrogen) atoms. The zero-order chi connectivity index (χ0) is 19.1. The number of carbonyl (C=O) groups excluding carboxylic acids is 1. The Hall–Kier alpha value is -2.54. The quantitative estimate of drug-likeness (QED) is 0.815. The van der Waals surface area contributed by atoms with Gasteiger partial charge in [-0.25, -0.2) is 8.42 Å². The summed E-state index contributed by atoms with van der Waals surface area (Å²) in [4.78, 5) is 14.7. The summed E-state index contributed by atoms with van der Waals surface area (Å²) < 4.78 is 32.1. The van der Waals surface area contributed by atoms with E-state index in [9.17, 15) is 18.3 Å². The molecule has 1 atom stereocenters. The molecule has 138 valence electrons. The van der Waals surface area contributed by atoms with Crippen LogP contribution in [0.4, 0.5) is 0 Å². The zero-order valence-electron chi connectivity index (χ0n) is 14.8. The third-order valence-corrected chi connectivity index (χ3v) is 6.95. The number of carbonyl (C=O) groups is 1. The first-order valence-electron chi connectivity index (χ1n) is 8.24. The first kappa shape index (κ1) is 18.3. The number of nitrogens with zero attached hydrogens (tertiary/aromatic N) is 1. The Morgan fingerprint density at radius 1 is 1.23 bits per heavy atom. The number of allylic oxidation sites excluding steroid dienone is 3. The minimum atomic E-state index is -3.99. The Balaban J connectivity index is 2.31. The number of phenolic OH excluding ortho intramolecular Hbond substituents is 1. The van der Waals surface area contributed by atoms with E-state index in [1.165, 1.54) is 31.4 Å². The number of phenols is 1. The van der Waals surface area contributed by atoms with Gasteiger partial charge in [-0.3, -0.25) is 4.79 Å². The molecule has 0 saturated heterocycles. The van der Waals surface area contributed by atoms with Crippen LogP contribution in [0.15, 0.2) is 64.2 Å². The third-order valence-electron chi connectivity index (χ3n) is 4.95. The van der Waals surface area contributed by atoms with Crippen molar-refractivity contribution in [2.45, 2.75) is 18.7 Å². The van der Waals surface area contributed by atoms with Crippen molar-refractivity contribution in [2.75, 3.05) is 13.7 Å². The van der Waals surface area contributed by atoms with Gasteiger partial charge in [0.15, 0.2) is 0 Å². The zero-order valence-corrected chi connectivity index (χ0v) is 15.7. The lowest BCUT2D eigenvalue weighted by atomic mass is 9.77. The summed E-state index contributed by atoms with van der Waals surface area (Å²) in [7, 11) is -2.72. The molecule has 2 aliphatic heterocycles. The van der Waals surface area contributed by atoms with Gasteiger partial charge >= 0.3 is 5.97 Å². The summed E-state index contributed by atoms with van der Waals surface area (Å²) in [6.45, 7) is 3.82. The number of benzene rings is 1. The average Bonchev–Trinajstić information content (AvgIpc) is 2.98. The Morgan fingerprint density at radius 2 is 1.88 bits per heavy atom. The molecule has 0 radical (unpaired) electrons. The second kappa shape index (κ2) is 6.32. The molecule has 2 heterocycles. The molecule has 7 heteroatoms. The number of ether oxygens (including phenoxy) is 1. The molecule has 0 saturated carbocycles. The van der Waals surface area contributed by atoms with Crippen molar-refractivity contribution in [3.63, 3.8) is 0 Å². The lowest BCUT2D eigenvalue weighted by molar-refractivity contribution is -0.152. The maximum atomic E-state index is 13.5. The van der Waals surface area contributed by atoms with Crippen LogP contribution in [0.25, 0.3) is 0 Å². The molecule has 1 N–H and O–H groups in total. The highest BCUT2D eigenvalue weighted by Gasteiger charge is 2.57. The van der Waals surface area contributed by atoms with Gasteiger partial charge < -0.3 is 14.7 Å². The van der Waals surface area contributed by atoms with Crippen LogP contribution in [0.5, 0.6) is 5.75 Å². The smallest absolute Gasteiger partial charge is 0.319 e. The summed E-state index contributed by atoms with van der Waals surface area (Å²) in [5.41, 5.74) is -0.848. The highest BCUT2D eigenvalue weighted by Crippen LogP contribution is 2.50. The van der Waals surface area contributed by atoms with E-state index < -0.39 is 21.2 Å². The molecule has 3 rings (SSSR count). The number of esters is 1. The van der Waals surface area contributed by atoms with Crippen LogP contribution in [0.2, 0.25) is 0 Å². The van der Waals surface area contributed by atoms with Crippen molar-refractivity contribution in [3.8, 4) is 5.75 Å². The lowest BCUT2D eigenvalue weighted by Crippen LogP contribution is -2.44. The molecule has 0 bridgehead atoms. The van der Waals surface area contributed by atoms with Gasteiger partial charge in [0, 0.05) is 12.7 Å². The number of hydrogen-bond donors (Lipinski definition) is 1. The molecule has 0 spiro atoms. The van der Waals surface area contributed by atoms with Crippen LogP contribution in [0, 0.1) is 11.3 Å². The van der Waals surface area contributed by atoms with Crippen molar-refractivity contribution in [1.82, 2.24) is 4.90 Å². The second-order valence-corrected chi connectivity index (χ2v) is 8.54. The van der Waals surface area contributed by atoms with Gasteiger partial charge in [-0.1, -0.05) is 19.9 Å². The monoisotopic (exact) mass is 375 g/mol. The summed E-state index contributed by atoms with van der Waals surface area (Å²) in [5, 5.41) is 9.48. The average molecular weight is 375 g/mol. The highest BCUT2D eigenvalue weighted by atomic mass is 32.2. The summed E-state index contributed by atoms with van der Waals surface area (Å²) in [6.07, 6.45) is 6.99. The van der Waals surface area contributed by atoms with E-state index in [1.54, 1.807) is 29.3 Å². The number of fused-ring (bicyclic) bond motifs is 1. The van der Waals surface area contributed by atoms with E-state index in [1.807, 2.05) is 13.8 Å². The normalized spacial score (nSPS) is 22.1. The van der Waals surface area contributed by atoms with Gasteiger partial charge in [-0.15, -0.1) is 0 Å². The fourth-order valence-corrected chi connectivity index (χ4v) is 5.58. The van der Waals surface area contributed by atoms with E-state index in [0.29, 0.717) is 5.70 Å². The predicted molar refractivity (Wildman–Crippen MR) is 96.6 cm³/mol. The van der Waals surface area contributed by atoms with Crippen molar-refractivity contribution in [2.24, 2.45) is 11.3 Å². The summed E-state index contributed by atoms with van der Waals surface area (Å²) in [6, 6.07) is 5.31. The van der Waals surface area contributed by atoms with Gasteiger partial charge in [0.05, 0.1) is 22.6 Å². The van der Waals surface area contributed by atoms with Crippen molar-refractivity contribution in [3.05, 3.63) is 59.3 Å². The second-order valence-electron chi connectivity index (χ2n) is 6.66. The van der Waals surface area contributed by atoms with E-state index >= 15 is 0 Å². The van der Waals surface area contributed by atoms with Gasteiger partial charge in [0.1, 0.15) is 11.2 Å². The highest BCUT2D eigenvalue weighted by molar-refractivity contribution is 7.95. The van der Waals surface area contributed by atoms with E-state index in [-0.39, 0.29) is 28.0 Å². The van der Waals surface area contributed by atoms with Gasteiger partial charge in [0.25, 0.3) is 0 Å². The topological polar surface area (TPSA) is 83.9 Å². The number of rotatable bonds is 4. The standard InChI is InChI=1S/C19H21NO5S/c1-13(2)19(18(22)25-3)12-20-11-5-4-6-16(20)17(19)26(23,24)15-9-7-14(21)8-10-15/h4-11,13,21H,12H2,1-3H3. The largest absolute Gasteiger partial charge is 0.508 e. The molecule has 1 aromatic rings. The SMILES string of the molecule is COC(=O)C1(C(C)C)CN2C=CC=CC2=C1S(=O)(=O)c1ccc(O)cc1. The first-order valence-corrected chi connectivity index (χ1v) is 9.72. The van der Waals surface area contributed by atoms with Crippen LogP contribution in [-0.2, 0) is 19.4 Å². The van der Waals surface area contributed by atoms with E-state index in [4.69, 9.17) is 4.74 Å². The Bertz CT molecular complexity index is 925. The van der Waals surface area contributed by atoms with E-state index in [2.05, 4.69) is 0 Å². The van der Waals surface area contributed by atoms with Crippen molar-refractivity contribution in [1.29, 1.82) is 0 Å². The fourth-order valence-electron chi connectivity index (χ4n) is 3.53. The van der Waals surface area contributed by atoms with Crippen molar-refractivity contribution < 1.29 is 23.1 Å². The van der Waals surface area contributed by atoms with Gasteiger partial charge in [-0.05, 0) is 42.3 Å². The minimum absolute atomic E-state index is 0.0246. The van der Waals surface area contributed by atoms with Gasteiger partial charge in [-0.2, -0.15) is 0 Å². The number of sulfone groups is 1. The third kappa shape index (κ3) is 2.54. The van der Waals surface area contributed by atoms with E-state index in [0.717, 1.165) is 0 Å². The fraction of sp³-hybridized carbons (Fsp3) is 0.316. The molecule has 0 amide bonds. The molecular weight excluding hydrogens is 354 g/mol. The van der Waals surface area contributed by atoms with Crippen LogP contribution >= 0.6 is 0 Å². The molecule has 0 aliphatic carbocycles. The Labute approximate surface area is 153 Å². The number of aromatic hydroxyl groups is 1. The summed E-state index contributed by atoms with van der Waals surface area (Å²) in [5.74, 6) is -0.913. The maximum Gasteiger partial charge on any atom is 0.319 e. The molecule has 1 unspecified atom stereocenters. The first-order chi connectivity index (χ1) is 12.2. The minimum Gasteiger partial charge on any atom is -0.508 e. The Morgan fingerprint density at radius 3 is 2.46 bits per heavy atom. The maximum absolute atomic E-state index is 13.5.